The second-order valence-corrected chi connectivity index (χ2v) is 7.33. The highest BCUT2D eigenvalue weighted by atomic mass is 35.5. The summed E-state index contributed by atoms with van der Waals surface area (Å²) in [5, 5.41) is 3.80. The van der Waals surface area contributed by atoms with Gasteiger partial charge in [0.25, 0.3) is 5.91 Å². The SMILES string of the molecule is COCCOc1cccc(C(=O)NCC(c2cccc(Cl)c2)N2CCCC2)c1. The Balaban J connectivity index is 1.65. The minimum Gasteiger partial charge on any atom is -0.491 e. The Morgan fingerprint density at radius 1 is 1.14 bits per heavy atom. The molecule has 0 spiro atoms. The Morgan fingerprint density at radius 3 is 2.68 bits per heavy atom. The summed E-state index contributed by atoms with van der Waals surface area (Å²) >= 11 is 6.20. The van der Waals surface area contributed by atoms with E-state index in [1.807, 2.05) is 30.3 Å². The summed E-state index contributed by atoms with van der Waals surface area (Å²) in [5.41, 5.74) is 1.72. The zero-order chi connectivity index (χ0) is 19.8. The number of hydrogen-bond donors (Lipinski definition) is 1. The average Bonchev–Trinajstić information content (AvgIpc) is 3.23. The van der Waals surface area contributed by atoms with Crippen LogP contribution in [-0.4, -0.2) is 50.8 Å². The minimum absolute atomic E-state index is 0.108. The molecule has 0 radical (unpaired) electrons. The third-order valence-electron chi connectivity index (χ3n) is 4.92. The summed E-state index contributed by atoms with van der Waals surface area (Å²) in [5.74, 6) is 0.555. The zero-order valence-electron chi connectivity index (χ0n) is 16.2. The van der Waals surface area contributed by atoms with Gasteiger partial charge in [0, 0.05) is 24.2 Å². The number of amides is 1. The number of likely N-dealkylation sites (tertiary alicyclic amines) is 1. The molecule has 1 fully saturated rings. The van der Waals surface area contributed by atoms with Crippen molar-refractivity contribution < 1.29 is 14.3 Å². The van der Waals surface area contributed by atoms with Crippen molar-refractivity contribution in [3.8, 4) is 5.75 Å². The van der Waals surface area contributed by atoms with E-state index in [0.717, 1.165) is 18.7 Å². The van der Waals surface area contributed by atoms with E-state index < -0.39 is 0 Å². The predicted octanol–water partition coefficient (Wildman–Crippen LogP) is 3.93. The standard InChI is InChI=1S/C22H27ClN2O3/c1-27-12-13-28-20-9-5-7-18(15-20)22(26)24-16-21(25-10-2-3-11-25)17-6-4-8-19(23)14-17/h4-9,14-15,21H,2-3,10-13,16H2,1H3,(H,24,26). The number of methoxy groups -OCH3 is 1. The first-order chi connectivity index (χ1) is 13.7. The van der Waals surface area contributed by atoms with Crippen LogP contribution in [-0.2, 0) is 4.74 Å². The summed E-state index contributed by atoms with van der Waals surface area (Å²) < 4.78 is 10.6. The first-order valence-corrected chi connectivity index (χ1v) is 10.0. The van der Waals surface area contributed by atoms with Crippen molar-refractivity contribution >= 4 is 17.5 Å². The van der Waals surface area contributed by atoms with Crippen molar-refractivity contribution in [2.24, 2.45) is 0 Å². The predicted molar refractivity (Wildman–Crippen MR) is 111 cm³/mol. The summed E-state index contributed by atoms with van der Waals surface area (Å²) in [4.78, 5) is 15.1. The molecule has 2 aromatic rings. The molecule has 1 saturated heterocycles. The number of benzene rings is 2. The highest BCUT2D eigenvalue weighted by molar-refractivity contribution is 6.30. The maximum atomic E-state index is 12.7. The summed E-state index contributed by atoms with van der Waals surface area (Å²) in [6.45, 7) is 3.57. The van der Waals surface area contributed by atoms with Crippen molar-refractivity contribution in [1.29, 1.82) is 0 Å². The number of rotatable bonds is 9. The molecular weight excluding hydrogens is 376 g/mol. The molecule has 3 rings (SSSR count). The van der Waals surface area contributed by atoms with Gasteiger partial charge in [-0.05, 0) is 61.8 Å². The lowest BCUT2D eigenvalue weighted by atomic mass is 10.1. The molecule has 1 heterocycles. The molecule has 0 bridgehead atoms. The van der Waals surface area contributed by atoms with E-state index in [2.05, 4.69) is 16.3 Å². The van der Waals surface area contributed by atoms with E-state index >= 15 is 0 Å². The monoisotopic (exact) mass is 402 g/mol. The molecule has 1 aliphatic rings. The Labute approximate surface area is 171 Å². The fourth-order valence-corrected chi connectivity index (χ4v) is 3.69. The number of carbonyl (C=O) groups is 1. The Bertz CT molecular complexity index is 778. The first-order valence-electron chi connectivity index (χ1n) is 9.67. The highest BCUT2D eigenvalue weighted by Crippen LogP contribution is 2.26. The van der Waals surface area contributed by atoms with Gasteiger partial charge in [-0.15, -0.1) is 0 Å². The van der Waals surface area contributed by atoms with E-state index in [9.17, 15) is 4.79 Å². The van der Waals surface area contributed by atoms with Crippen molar-refractivity contribution in [3.05, 3.63) is 64.7 Å². The normalized spacial score (nSPS) is 15.4. The first kappa shape index (κ1) is 20.6. The summed E-state index contributed by atoms with van der Waals surface area (Å²) in [7, 11) is 1.63. The lowest BCUT2D eigenvalue weighted by Crippen LogP contribution is -2.36. The second kappa shape index (κ2) is 10.5. The molecular formula is C22H27ClN2O3. The number of halogens is 1. The van der Waals surface area contributed by atoms with Crippen LogP contribution < -0.4 is 10.1 Å². The van der Waals surface area contributed by atoms with Crippen LogP contribution in [0.15, 0.2) is 48.5 Å². The van der Waals surface area contributed by atoms with Crippen molar-refractivity contribution in [2.75, 3.05) is 40.0 Å². The maximum absolute atomic E-state index is 12.7. The number of nitrogens with one attached hydrogen (secondary N) is 1. The fraction of sp³-hybridized carbons (Fsp3) is 0.409. The van der Waals surface area contributed by atoms with Gasteiger partial charge in [0.15, 0.2) is 0 Å². The van der Waals surface area contributed by atoms with Gasteiger partial charge in [0.05, 0.1) is 12.6 Å². The number of nitrogens with zero attached hydrogens (tertiary/aromatic N) is 1. The molecule has 1 N–H and O–H groups in total. The summed E-state index contributed by atoms with van der Waals surface area (Å²) in [6.07, 6.45) is 2.37. The van der Waals surface area contributed by atoms with E-state index in [1.165, 1.54) is 12.8 Å². The Morgan fingerprint density at radius 2 is 1.93 bits per heavy atom. The molecule has 6 heteroatoms. The molecule has 0 aliphatic carbocycles. The van der Waals surface area contributed by atoms with Crippen molar-refractivity contribution in [3.63, 3.8) is 0 Å². The number of carbonyl (C=O) groups excluding carboxylic acids is 1. The summed E-state index contributed by atoms with van der Waals surface area (Å²) in [6, 6.07) is 15.2. The van der Waals surface area contributed by atoms with Crippen molar-refractivity contribution in [1.82, 2.24) is 10.2 Å². The van der Waals surface area contributed by atoms with Gasteiger partial charge in [-0.1, -0.05) is 29.8 Å². The molecule has 1 unspecified atom stereocenters. The number of hydrogen-bond acceptors (Lipinski definition) is 4. The van der Waals surface area contributed by atoms with E-state index in [4.69, 9.17) is 21.1 Å². The van der Waals surface area contributed by atoms with Gasteiger partial charge in [-0.3, -0.25) is 9.69 Å². The van der Waals surface area contributed by atoms with Crippen LogP contribution in [0, 0.1) is 0 Å². The Hall–Kier alpha value is -2.08. The van der Waals surface area contributed by atoms with Gasteiger partial charge < -0.3 is 14.8 Å². The molecule has 28 heavy (non-hydrogen) atoms. The highest BCUT2D eigenvalue weighted by Gasteiger charge is 2.24. The minimum atomic E-state index is -0.108. The molecule has 1 atom stereocenters. The number of ether oxygens (including phenoxy) is 2. The largest absolute Gasteiger partial charge is 0.491 e. The molecule has 1 aliphatic heterocycles. The van der Waals surface area contributed by atoms with E-state index in [-0.39, 0.29) is 11.9 Å². The molecule has 0 aromatic heterocycles. The van der Waals surface area contributed by atoms with Crippen LogP contribution in [0.2, 0.25) is 5.02 Å². The van der Waals surface area contributed by atoms with Crippen molar-refractivity contribution in [2.45, 2.75) is 18.9 Å². The van der Waals surface area contributed by atoms with Crippen LogP contribution in [0.1, 0.15) is 34.8 Å². The lowest BCUT2D eigenvalue weighted by molar-refractivity contribution is 0.0937. The molecule has 0 saturated carbocycles. The van der Waals surface area contributed by atoms with Crippen LogP contribution in [0.5, 0.6) is 5.75 Å². The average molecular weight is 403 g/mol. The van der Waals surface area contributed by atoms with Gasteiger partial charge in [-0.2, -0.15) is 0 Å². The van der Waals surface area contributed by atoms with Gasteiger partial charge in [0.1, 0.15) is 12.4 Å². The van der Waals surface area contributed by atoms with E-state index in [1.54, 1.807) is 19.2 Å². The van der Waals surface area contributed by atoms with Gasteiger partial charge in [-0.25, -0.2) is 0 Å². The second-order valence-electron chi connectivity index (χ2n) is 6.89. The van der Waals surface area contributed by atoms with Crippen LogP contribution >= 0.6 is 11.6 Å². The topological polar surface area (TPSA) is 50.8 Å². The molecule has 1 amide bonds. The van der Waals surface area contributed by atoms with Crippen LogP contribution in [0.25, 0.3) is 0 Å². The smallest absolute Gasteiger partial charge is 0.251 e. The maximum Gasteiger partial charge on any atom is 0.251 e. The third kappa shape index (κ3) is 5.71. The van der Waals surface area contributed by atoms with Gasteiger partial charge >= 0.3 is 0 Å². The van der Waals surface area contributed by atoms with E-state index in [0.29, 0.717) is 36.1 Å². The quantitative estimate of drug-likeness (QED) is 0.645. The Kier molecular flexibility index (Phi) is 7.71. The zero-order valence-corrected chi connectivity index (χ0v) is 17.0. The van der Waals surface area contributed by atoms with Gasteiger partial charge in [0.2, 0.25) is 0 Å². The van der Waals surface area contributed by atoms with Crippen LogP contribution in [0.4, 0.5) is 0 Å². The molecule has 150 valence electrons. The van der Waals surface area contributed by atoms with Crippen LogP contribution in [0.3, 0.4) is 0 Å². The molecule has 5 nitrogen and oxygen atoms in total. The lowest BCUT2D eigenvalue weighted by Gasteiger charge is -2.28. The third-order valence-corrected chi connectivity index (χ3v) is 5.16. The molecule has 2 aromatic carbocycles. The fourth-order valence-electron chi connectivity index (χ4n) is 3.49.